The third kappa shape index (κ3) is 3.54. The molecule has 3 rings (SSSR count). The van der Waals surface area contributed by atoms with Crippen LogP contribution in [-0.4, -0.2) is 47.1 Å². The van der Waals surface area contributed by atoms with E-state index in [1.54, 1.807) is 12.1 Å². The van der Waals surface area contributed by atoms with Crippen molar-refractivity contribution in [3.05, 3.63) is 35.4 Å². The Labute approximate surface area is 135 Å². The van der Waals surface area contributed by atoms with Gasteiger partial charge in [-0.15, -0.1) is 0 Å². The summed E-state index contributed by atoms with van der Waals surface area (Å²) >= 11 is 0. The maximum Gasteiger partial charge on any atom is 0.335 e. The zero-order valence-electron chi connectivity index (χ0n) is 13.3. The molecule has 2 aliphatic rings. The van der Waals surface area contributed by atoms with Crippen LogP contribution in [0.5, 0.6) is 0 Å². The number of nitrogens with zero attached hydrogens (tertiary/aromatic N) is 1. The molecule has 3 unspecified atom stereocenters. The van der Waals surface area contributed by atoms with Gasteiger partial charge in [-0.3, -0.25) is 15.6 Å². The summed E-state index contributed by atoms with van der Waals surface area (Å²) in [6.07, 6.45) is 3.23. The zero-order valence-corrected chi connectivity index (χ0v) is 13.3. The van der Waals surface area contributed by atoms with Crippen molar-refractivity contribution in [3.63, 3.8) is 0 Å². The fraction of sp³-hybridized carbons (Fsp3) is 0.529. The van der Waals surface area contributed by atoms with E-state index in [0.717, 1.165) is 32.4 Å². The first-order valence-electron chi connectivity index (χ1n) is 8.18. The molecule has 124 valence electrons. The van der Waals surface area contributed by atoms with Crippen molar-refractivity contribution in [2.24, 2.45) is 5.92 Å². The second-order valence-electron chi connectivity index (χ2n) is 6.57. The van der Waals surface area contributed by atoms with E-state index >= 15 is 0 Å². The second-order valence-corrected chi connectivity index (χ2v) is 6.57. The van der Waals surface area contributed by atoms with Crippen molar-refractivity contribution in [1.29, 1.82) is 0 Å². The van der Waals surface area contributed by atoms with Crippen LogP contribution in [0.3, 0.4) is 0 Å². The number of amides is 1. The van der Waals surface area contributed by atoms with Gasteiger partial charge >= 0.3 is 5.97 Å². The fourth-order valence-electron chi connectivity index (χ4n) is 3.52. The summed E-state index contributed by atoms with van der Waals surface area (Å²) in [6, 6.07) is 7.06. The number of nitrogens with one attached hydrogen (secondary N) is 2. The average molecular weight is 317 g/mol. The van der Waals surface area contributed by atoms with Crippen molar-refractivity contribution in [2.75, 3.05) is 13.1 Å². The first kappa shape index (κ1) is 16.0. The largest absolute Gasteiger partial charge is 0.478 e. The van der Waals surface area contributed by atoms with Gasteiger partial charge in [0.1, 0.15) is 0 Å². The number of carboxylic acid groups (broad SMARTS) is 1. The van der Waals surface area contributed by atoms with Crippen LogP contribution >= 0.6 is 0 Å². The van der Waals surface area contributed by atoms with Crippen LogP contribution in [0.1, 0.15) is 46.9 Å². The number of rotatable bonds is 3. The maximum absolute atomic E-state index is 12.6. The molecule has 2 fully saturated rings. The third-order valence-corrected chi connectivity index (χ3v) is 4.82. The molecule has 3 N–H and O–H groups in total. The van der Waals surface area contributed by atoms with Gasteiger partial charge in [0.15, 0.2) is 0 Å². The summed E-state index contributed by atoms with van der Waals surface area (Å²) in [7, 11) is 0. The molecule has 0 bridgehead atoms. The lowest BCUT2D eigenvalue weighted by Gasteiger charge is -2.35. The van der Waals surface area contributed by atoms with E-state index in [-0.39, 0.29) is 11.5 Å². The van der Waals surface area contributed by atoms with E-state index in [1.807, 2.05) is 4.90 Å². The molecule has 1 aromatic carbocycles. The van der Waals surface area contributed by atoms with E-state index in [1.165, 1.54) is 12.1 Å². The molecular formula is C17H23N3O3. The highest BCUT2D eigenvalue weighted by Crippen LogP contribution is 2.25. The van der Waals surface area contributed by atoms with Gasteiger partial charge in [-0.05, 0) is 56.4 Å². The minimum absolute atomic E-state index is 0.00866. The zero-order chi connectivity index (χ0) is 16.4. The molecule has 2 saturated heterocycles. The van der Waals surface area contributed by atoms with E-state index in [9.17, 15) is 9.59 Å². The molecule has 3 atom stereocenters. The predicted molar refractivity (Wildman–Crippen MR) is 86.2 cm³/mol. The van der Waals surface area contributed by atoms with E-state index < -0.39 is 5.97 Å². The molecule has 1 amide bonds. The average Bonchev–Trinajstić information content (AvgIpc) is 3.01. The summed E-state index contributed by atoms with van der Waals surface area (Å²) in [5.74, 6) is -0.523. The number of piperidine rings is 1. The summed E-state index contributed by atoms with van der Waals surface area (Å²) in [5.41, 5.74) is 7.35. The standard InChI is InChI=1S/C17H23N3O3/c1-11-9-15(19-18-11)14-3-2-8-20(10-14)16(21)12-4-6-13(7-5-12)17(22)23/h4-7,11,14-15,18-19H,2-3,8-10H2,1H3,(H,22,23). The Bertz CT molecular complexity index is 587. The monoisotopic (exact) mass is 317 g/mol. The summed E-state index contributed by atoms with van der Waals surface area (Å²) in [5, 5.41) is 8.93. The van der Waals surface area contributed by atoms with E-state index in [0.29, 0.717) is 23.6 Å². The van der Waals surface area contributed by atoms with Crippen LogP contribution in [0.2, 0.25) is 0 Å². The third-order valence-electron chi connectivity index (χ3n) is 4.82. The number of hydrogen-bond acceptors (Lipinski definition) is 4. The van der Waals surface area contributed by atoms with Crippen LogP contribution in [0.15, 0.2) is 24.3 Å². The first-order chi connectivity index (χ1) is 11.0. The number of hydrogen-bond donors (Lipinski definition) is 3. The number of carbonyl (C=O) groups is 2. The molecule has 2 heterocycles. The van der Waals surface area contributed by atoms with Gasteiger partial charge in [0.05, 0.1) is 5.56 Å². The summed E-state index contributed by atoms with van der Waals surface area (Å²) in [6.45, 7) is 3.68. The Balaban J connectivity index is 1.65. The minimum atomic E-state index is -0.976. The fourth-order valence-corrected chi connectivity index (χ4v) is 3.52. The Morgan fingerprint density at radius 1 is 1.17 bits per heavy atom. The molecule has 2 aliphatic heterocycles. The Morgan fingerprint density at radius 2 is 1.87 bits per heavy atom. The van der Waals surface area contributed by atoms with Crippen molar-refractivity contribution in [2.45, 2.75) is 38.3 Å². The number of aromatic carboxylic acids is 1. The summed E-state index contributed by atoms with van der Waals surface area (Å²) < 4.78 is 0. The Kier molecular flexibility index (Phi) is 4.63. The van der Waals surface area contributed by atoms with Gasteiger partial charge in [-0.2, -0.15) is 0 Å². The second kappa shape index (κ2) is 6.68. The highest BCUT2D eigenvalue weighted by atomic mass is 16.4. The highest BCUT2D eigenvalue weighted by Gasteiger charge is 2.33. The van der Waals surface area contributed by atoms with Crippen LogP contribution in [0.4, 0.5) is 0 Å². The minimum Gasteiger partial charge on any atom is -0.478 e. The van der Waals surface area contributed by atoms with Gasteiger partial charge < -0.3 is 10.0 Å². The quantitative estimate of drug-likeness (QED) is 0.787. The molecule has 0 aliphatic carbocycles. The van der Waals surface area contributed by atoms with Crippen LogP contribution in [0.25, 0.3) is 0 Å². The molecule has 1 aromatic rings. The smallest absolute Gasteiger partial charge is 0.335 e. The SMILES string of the molecule is CC1CC(C2CCCN(C(=O)c3ccc(C(=O)O)cc3)C2)NN1. The molecular weight excluding hydrogens is 294 g/mol. The van der Waals surface area contributed by atoms with Crippen molar-refractivity contribution < 1.29 is 14.7 Å². The van der Waals surface area contributed by atoms with Crippen LogP contribution in [-0.2, 0) is 0 Å². The number of carboxylic acids is 1. The van der Waals surface area contributed by atoms with Crippen molar-refractivity contribution >= 4 is 11.9 Å². The molecule has 0 radical (unpaired) electrons. The van der Waals surface area contributed by atoms with Crippen molar-refractivity contribution in [3.8, 4) is 0 Å². The van der Waals surface area contributed by atoms with E-state index in [4.69, 9.17) is 5.11 Å². The molecule has 23 heavy (non-hydrogen) atoms. The number of likely N-dealkylation sites (tertiary alicyclic amines) is 1. The van der Waals surface area contributed by atoms with Gasteiger partial charge in [0.25, 0.3) is 5.91 Å². The van der Waals surface area contributed by atoms with Gasteiger partial charge in [0, 0.05) is 30.7 Å². The maximum atomic E-state index is 12.6. The highest BCUT2D eigenvalue weighted by molar-refractivity contribution is 5.96. The molecule has 0 spiro atoms. The van der Waals surface area contributed by atoms with Crippen LogP contribution in [0, 0.1) is 5.92 Å². The normalized spacial score (nSPS) is 27.9. The molecule has 0 saturated carbocycles. The van der Waals surface area contributed by atoms with Crippen LogP contribution < -0.4 is 10.9 Å². The number of hydrazine groups is 1. The van der Waals surface area contributed by atoms with Gasteiger partial charge in [-0.1, -0.05) is 0 Å². The van der Waals surface area contributed by atoms with Crippen molar-refractivity contribution in [1.82, 2.24) is 15.8 Å². The number of benzene rings is 1. The lowest BCUT2D eigenvalue weighted by atomic mass is 9.88. The molecule has 6 nitrogen and oxygen atoms in total. The lowest BCUT2D eigenvalue weighted by Crippen LogP contribution is -2.47. The van der Waals surface area contributed by atoms with E-state index in [2.05, 4.69) is 17.8 Å². The number of carbonyl (C=O) groups excluding carboxylic acids is 1. The van der Waals surface area contributed by atoms with Gasteiger partial charge in [-0.25, -0.2) is 4.79 Å². The molecule has 6 heteroatoms. The lowest BCUT2D eigenvalue weighted by molar-refractivity contribution is 0.0646. The Morgan fingerprint density at radius 3 is 2.48 bits per heavy atom. The first-order valence-corrected chi connectivity index (χ1v) is 8.18. The molecule has 0 aromatic heterocycles. The van der Waals surface area contributed by atoms with Gasteiger partial charge in [0.2, 0.25) is 0 Å². The topological polar surface area (TPSA) is 81.7 Å². The summed E-state index contributed by atoms with van der Waals surface area (Å²) in [4.78, 5) is 25.4. The predicted octanol–water partition coefficient (Wildman–Crippen LogP) is 1.49. The Hall–Kier alpha value is -1.92.